The van der Waals surface area contributed by atoms with Crippen LogP contribution in [0.2, 0.25) is 0 Å². The Morgan fingerprint density at radius 1 is 1.70 bits per heavy atom. The lowest BCUT2D eigenvalue weighted by molar-refractivity contribution is -0.402. The van der Waals surface area contributed by atoms with Crippen molar-refractivity contribution in [3.05, 3.63) is 22.4 Å². The van der Waals surface area contributed by atoms with Gasteiger partial charge in [0.15, 0.2) is 0 Å². The highest BCUT2D eigenvalue weighted by molar-refractivity contribution is 4.86. The van der Waals surface area contributed by atoms with Crippen LogP contribution in [0.1, 0.15) is 12.8 Å². The van der Waals surface area contributed by atoms with Crippen molar-refractivity contribution in [1.29, 1.82) is 0 Å². The third-order valence-electron chi connectivity index (χ3n) is 1.39. The molecule has 0 aliphatic carbocycles. The molecule has 1 aliphatic rings. The van der Waals surface area contributed by atoms with Gasteiger partial charge in [-0.1, -0.05) is 0 Å². The summed E-state index contributed by atoms with van der Waals surface area (Å²) in [5, 5.41) is 9.82. The summed E-state index contributed by atoms with van der Waals surface area (Å²) in [6, 6.07) is 0. The number of nitro groups is 1. The summed E-state index contributed by atoms with van der Waals surface area (Å²) < 4.78 is 5.11. The van der Waals surface area contributed by atoms with Gasteiger partial charge >= 0.3 is 0 Å². The maximum absolute atomic E-state index is 9.82. The molecule has 0 saturated carbocycles. The quantitative estimate of drug-likeness (QED) is 0.427. The maximum Gasteiger partial charge on any atom is 0.233 e. The van der Waals surface area contributed by atoms with Crippen molar-refractivity contribution < 1.29 is 9.66 Å². The number of nitrogens with zero attached hydrogens (tertiary/aromatic N) is 1. The van der Waals surface area contributed by atoms with E-state index in [1.807, 2.05) is 0 Å². The van der Waals surface area contributed by atoms with Crippen molar-refractivity contribution in [2.24, 2.45) is 0 Å². The number of ether oxygens (including phenoxy) is 1. The molecule has 0 spiro atoms. The van der Waals surface area contributed by atoms with E-state index in [1.54, 1.807) is 0 Å². The zero-order valence-corrected chi connectivity index (χ0v) is 5.53. The molecule has 0 radical (unpaired) electrons. The second-order valence-corrected chi connectivity index (χ2v) is 2.18. The lowest BCUT2D eigenvalue weighted by Gasteiger charge is -1.97. The molecule has 0 aromatic carbocycles. The molecule has 0 bridgehead atoms. The number of hydrogen-bond donors (Lipinski definition) is 0. The molecular formula is C6H9NO3. The fourth-order valence-electron chi connectivity index (χ4n) is 0.921. The van der Waals surface area contributed by atoms with Crippen LogP contribution in [0.3, 0.4) is 0 Å². The van der Waals surface area contributed by atoms with Gasteiger partial charge in [-0.15, -0.1) is 0 Å². The molecule has 1 atom stereocenters. The predicted molar refractivity (Wildman–Crippen MR) is 35.1 cm³/mol. The fourth-order valence-corrected chi connectivity index (χ4v) is 0.921. The van der Waals surface area contributed by atoms with Crippen molar-refractivity contribution in [1.82, 2.24) is 0 Å². The van der Waals surface area contributed by atoms with Crippen molar-refractivity contribution in [2.75, 3.05) is 6.61 Å². The molecule has 4 heteroatoms. The van der Waals surface area contributed by atoms with Crippen LogP contribution in [0.4, 0.5) is 0 Å². The Hall–Kier alpha value is -0.900. The van der Waals surface area contributed by atoms with Crippen molar-refractivity contribution in [3.63, 3.8) is 0 Å². The molecule has 0 aromatic rings. The van der Waals surface area contributed by atoms with Gasteiger partial charge in [0.2, 0.25) is 6.20 Å². The Balaban J connectivity index is 2.29. The molecular weight excluding hydrogens is 134 g/mol. The van der Waals surface area contributed by atoms with Gasteiger partial charge in [-0.25, -0.2) is 0 Å². The number of rotatable bonds is 2. The van der Waals surface area contributed by atoms with Gasteiger partial charge in [-0.2, -0.15) is 0 Å². The highest BCUT2D eigenvalue weighted by Crippen LogP contribution is 2.12. The van der Waals surface area contributed by atoms with E-state index in [9.17, 15) is 10.1 Å². The molecule has 0 aromatic heterocycles. The summed E-state index contributed by atoms with van der Waals surface area (Å²) in [6.07, 6.45) is 4.32. The zero-order valence-electron chi connectivity index (χ0n) is 5.53. The van der Waals surface area contributed by atoms with Crippen LogP contribution in [-0.4, -0.2) is 17.6 Å². The molecule has 56 valence electrons. The van der Waals surface area contributed by atoms with E-state index in [-0.39, 0.29) is 6.10 Å². The summed E-state index contributed by atoms with van der Waals surface area (Å²) in [7, 11) is 0. The molecule has 0 unspecified atom stereocenters. The first-order valence-electron chi connectivity index (χ1n) is 3.22. The van der Waals surface area contributed by atoms with E-state index < -0.39 is 4.92 Å². The van der Waals surface area contributed by atoms with Gasteiger partial charge < -0.3 is 4.74 Å². The highest BCUT2D eigenvalue weighted by Gasteiger charge is 2.12. The smallest absolute Gasteiger partial charge is 0.233 e. The van der Waals surface area contributed by atoms with E-state index in [0.717, 1.165) is 25.6 Å². The third-order valence-corrected chi connectivity index (χ3v) is 1.39. The zero-order chi connectivity index (χ0) is 7.40. The first kappa shape index (κ1) is 7.21. The normalized spacial score (nSPS) is 25.8. The van der Waals surface area contributed by atoms with E-state index in [2.05, 4.69) is 0 Å². The minimum Gasteiger partial charge on any atom is -0.374 e. The summed E-state index contributed by atoms with van der Waals surface area (Å²) in [6.45, 7) is 0.729. The Bertz CT molecular complexity index is 149. The summed E-state index contributed by atoms with van der Waals surface area (Å²) in [4.78, 5) is 9.35. The SMILES string of the molecule is O=[N+]([O-])/C=C/[C@@H]1CCCO1. The van der Waals surface area contributed by atoms with E-state index in [1.165, 1.54) is 6.08 Å². The minimum absolute atomic E-state index is 0.0228. The topological polar surface area (TPSA) is 52.4 Å². The molecule has 4 nitrogen and oxygen atoms in total. The Kier molecular flexibility index (Phi) is 2.39. The monoisotopic (exact) mass is 143 g/mol. The number of hydrogen-bond acceptors (Lipinski definition) is 3. The molecule has 1 saturated heterocycles. The van der Waals surface area contributed by atoms with Crippen LogP contribution < -0.4 is 0 Å². The second kappa shape index (κ2) is 3.31. The van der Waals surface area contributed by atoms with Gasteiger partial charge in [-0.3, -0.25) is 10.1 Å². The average molecular weight is 143 g/mol. The van der Waals surface area contributed by atoms with Crippen molar-refractivity contribution >= 4 is 0 Å². The molecule has 1 heterocycles. The standard InChI is InChI=1S/C6H9NO3/c8-7(9)4-3-6-2-1-5-10-6/h3-4,6H,1-2,5H2/b4-3+/t6-/m0/s1. The summed E-state index contributed by atoms with van der Waals surface area (Å²) in [5.41, 5.74) is 0. The van der Waals surface area contributed by atoms with Crippen LogP contribution >= 0.6 is 0 Å². The molecule has 0 amide bonds. The first-order chi connectivity index (χ1) is 4.79. The average Bonchev–Trinajstić information content (AvgIpc) is 2.34. The lowest BCUT2D eigenvalue weighted by atomic mass is 10.2. The first-order valence-corrected chi connectivity index (χ1v) is 3.22. The van der Waals surface area contributed by atoms with Crippen molar-refractivity contribution in [2.45, 2.75) is 18.9 Å². The molecule has 1 fully saturated rings. The molecule has 10 heavy (non-hydrogen) atoms. The van der Waals surface area contributed by atoms with E-state index >= 15 is 0 Å². The summed E-state index contributed by atoms with van der Waals surface area (Å²) >= 11 is 0. The van der Waals surface area contributed by atoms with E-state index in [4.69, 9.17) is 4.74 Å². The molecule has 0 N–H and O–H groups in total. The minimum atomic E-state index is -0.471. The van der Waals surface area contributed by atoms with Gasteiger partial charge in [0, 0.05) is 12.7 Å². The Labute approximate surface area is 58.6 Å². The van der Waals surface area contributed by atoms with Gasteiger partial charge in [-0.05, 0) is 12.8 Å². The van der Waals surface area contributed by atoms with Crippen LogP contribution in [0.15, 0.2) is 12.3 Å². The Morgan fingerprint density at radius 3 is 3.00 bits per heavy atom. The van der Waals surface area contributed by atoms with Gasteiger partial charge in [0.05, 0.1) is 11.0 Å². The van der Waals surface area contributed by atoms with Crippen LogP contribution in [0, 0.1) is 10.1 Å². The Morgan fingerprint density at radius 2 is 2.50 bits per heavy atom. The van der Waals surface area contributed by atoms with Gasteiger partial charge in [0.25, 0.3) is 0 Å². The largest absolute Gasteiger partial charge is 0.374 e. The van der Waals surface area contributed by atoms with Crippen LogP contribution in [-0.2, 0) is 4.74 Å². The lowest BCUT2D eigenvalue weighted by Crippen LogP contribution is -2.00. The maximum atomic E-state index is 9.82. The summed E-state index contributed by atoms with van der Waals surface area (Å²) in [5.74, 6) is 0. The molecule has 1 aliphatic heterocycles. The van der Waals surface area contributed by atoms with Crippen LogP contribution in [0.25, 0.3) is 0 Å². The van der Waals surface area contributed by atoms with Crippen LogP contribution in [0.5, 0.6) is 0 Å². The second-order valence-electron chi connectivity index (χ2n) is 2.18. The highest BCUT2D eigenvalue weighted by atomic mass is 16.6. The third kappa shape index (κ3) is 2.14. The van der Waals surface area contributed by atoms with Crippen molar-refractivity contribution in [3.8, 4) is 0 Å². The fraction of sp³-hybridized carbons (Fsp3) is 0.667. The van der Waals surface area contributed by atoms with Gasteiger partial charge in [0.1, 0.15) is 0 Å². The molecule has 1 rings (SSSR count). The van der Waals surface area contributed by atoms with E-state index in [0.29, 0.717) is 0 Å². The predicted octanol–water partition coefficient (Wildman–Crippen LogP) is 0.956.